The van der Waals surface area contributed by atoms with Gasteiger partial charge in [-0.15, -0.1) is 0 Å². The summed E-state index contributed by atoms with van der Waals surface area (Å²) in [5, 5.41) is 8.63. The number of hydrogen-bond donors (Lipinski definition) is 1. The number of hydrogen-bond acceptors (Lipinski definition) is 4. The Morgan fingerprint density at radius 3 is 2.64 bits per heavy atom. The Hall–Kier alpha value is -1.89. The number of rotatable bonds is 5. The molecule has 1 aliphatic rings. The molecule has 1 heterocycles. The van der Waals surface area contributed by atoms with Gasteiger partial charge in [-0.3, -0.25) is 9.59 Å². The first kappa shape index (κ1) is 16.5. The summed E-state index contributed by atoms with van der Waals surface area (Å²) in [7, 11) is -3.62. The van der Waals surface area contributed by atoms with Crippen molar-refractivity contribution >= 4 is 27.4 Å². The monoisotopic (exact) mass is 325 g/mol. The third-order valence-electron chi connectivity index (χ3n) is 3.78. The van der Waals surface area contributed by atoms with Crippen LogP contribution in [0.5, 0.6) is 0 Å². The van der Waals surface area contributed by atoms with Crippen LogP contribution in [0.1, 0.15) is 32.3 Å². The van der Waals surface area contributed by atoms with E-state index in [1.54, 1.807) is 24.0 Å². The molecule has 7 heteroatoms. The molecule has 1 unspecified atom stereocenters. The van der Waals surface area contributed by atoms with Crippen molar-refractivity contribution in [2.45, 2.75) is 44.0 Å². The minimum atomic E-state index is -3.62. The van der Waals surface area contributed by atoms with Crippen LogP contribution in [-0.4, -0.2) is 37.2 Å². The Kier molecular flexibility index (Phi) is 4.55. The molecule has 0 spiro atoms. The van der Waals surface area contributed by atoms with E-state index in [-0.39, 0.29) is 16.8 Å². The van der Waals surface area contributed by atoms with Crippen LogP contribution in [-0.2, 0) is 25.8 Å². The highest BCUT2D eigenvalue weighted by molar-refractivity contribution is 7.91. The Balaban J connectivity index is 2.33. The van der Waals surface area contributed by atoms with Crippen LogP contribution in [0.25, 0.3) is 0 Å². The molecule has 120 valence electrons. The molecular formula is C15H19NO5S. The number of carboxylic acids is 1. The van der Waals surface area contributed by atoms with E-state index >= 15 is 0 Å². The standard InChI is InChI=1S/C15H19NO5S/c1-3-14(17)16-10(2)8-11-9-12(4-5-13(11)16)22(20,21)7-6-15(18)19/h4-5,9-10H,3,6-8H2,1-2H3,(H,18,19). The van der Waals surface area contributed by atoms with Gasteiger partial charge in [0, 0.05) is 18.2 Å². The highest BCUT2D eigenvalue weighted by atomic mass is 32.2. The predicted octanol–water partition coefficient (Wildman–Crippen LogP) is 1.62. The average Bonchev–Trinajstić information content (AvgIpc) is 2.79. The molecule has 0 radical (unpaired) electrons. The number of benzene rings is 1. The maximum Gasteiger partial charge on any atom is 0.304 e. The summed E-state index contributed by atoms with van der Waals surface area (Å²) in [6.45, 7) is 3.71. The second kappa shape index (κ2) is 6.08. The summed E-state index contributed by atoms with van der Waals surface area (Å²) in [5.74, 6) is -1.56. The number of carboxylic acid groups (broad SMARTS) is 1. The minimum absolute atomic E-state index is 0.000534. The Morgan fingerprint density at radius 2 is 2.05 bits per heavy atom. The Labute approximate surface area is 129 Å². The van der Waals surface area contributed by atoms with E-state index in [1.165, 1.54) is 6.07 Å². The molecule has 1 N–H and O–H groups in total. The van der Waals surface area contributed by atoms with Crippen LogP contribution in [0.3, 0.4) is 0 Å². The van der Waals surface area contributed by atoms with Crippen LogP contribution >= 0.6 is 0 Å². The molecule has 1 amide bonds. The fourth-order valence-corrected chi connectivity index (χ4v) is 3.97. The van der Waals surface area contributed by atoms with Crippen molar-refractivity contribution in [2.75, 3.05) is 10.7 Å². The smallest absolute Gasteiger partial charge is 0.304 e. The van der Waals surface area contributed by atoms with E-state index < -0.39 is 28.0 Å². The molecule has 1 aliphatic heterocycles. The van der Waals surface area contributed by atoms with E-state index in [0.29, 0.717) is 12.8 Å². The van der Waals surface area contributed by atoms with Gasteiger partial charge >= 0.3 is 5.97 Å². The van der Waals surface area contributed by atoms with E-state index in [1.807, 2.05) is 6.92 Å². The normalized spacial score (nSPS) is 17.4. The highest BCUT2D eigenvalue weighted by Gasteiger charge is 2.31. The molecular weight excluding hydrogens is 306 g/mol. The van der Waals surface area contributed by atoms with Crippen molar-refractivity contribution in [1.29, 1.82) is 0 Å². The molecule has 0 fully saturated rings. The Bertz CT molecular complexity index is 711. The quantitative estimate of drug-likeness (QED) is 0.888. The lowest BCUT2D eigenvalue weighted by Gasteiger charge is -2.22. The number of nitrogens with zero attached hydrogens (tertiary/aromatic N) is 1. The van der Waals surface area contributed by atoms with Gasteiger partial charge in [0.15, 0.2) is 9.84 Å². The van der Waals surface area contributed by atoms with Gasteiger partial charge in [-0.2, -0.15) is 0 Å². The molecule has 0 aromatic heterocycles. The maximum absolute atomic E-state index is 12.1. The van der Waals surface area contributed by atoms with Crippen molar-refractivity contribution in [3.05, 3.63) is 23.8 Å². The largest absolute Gasteiger partial charge is 0.481 e. The number of fused-ring (bicyclic) bond motifs is 1. The van der Waals surface area contributed by atoms with Crippen molar-refractivity contribution in [2.24, 2.45) is 0 Å². The molecule has 0 saturated heterocycles. The summed E-state index contributed by atoms with van der Waals surface area (Å²) < 4.78 is 24.3. The van der Waals surface area contributed by atoms with Gasteiger partial charge in [-0.1, -0.05) is 6.92 Å². The number of amides is 1. The minimum Gasteiger partial charge on any atom is -0.481 e. The van der Waals surface area contributed by atoms with Crippen LogP contribution in [0.4, 0.5) is 5.69 Å². The van der Waals surface area contributed by atoms with E-state index in [2.05, 4.69) is 0 Å². The van der Waals surface area contributed by atoms with E-state index in [9.17, 15) is 18.0 Å². The second-order valence-electron chi connectivity index (χ2n) is 5.42. The third kappa shape index (κ3) is 3.14. The van der Waals surface area contributed by atoms with E-state index in [0.717, 1.165) is 11.3 Å². The van der Waals surface area contributed by atoms with Crippen molar-refractivity contribution in [3.63, 3.8) is 0 Å². The number of sulfone groups is 1. The van der Waals surface area contributed by atoms with E-state index in [4.69, 9.17) is 5.11 Å². The van der Waals surface area contributed by atoms with Gasteiger partial charge < -0.3 is 10.0 Å². The van der Waals surface area contributed by atoms with Crippen LogP contribution in [0.15, 0.2) is 23.1 Å². The van der Waals surface area contributed by atoms with Gasteiger partial charge in [0.2, 0.25) is 5.91 Å². The first-order chi connectivity index (χ1) is 10.3. The van der Waals surface area contributed by atoms with Crippen LogP contribution in [0.2, 0.25) is 0 Å². The zero-order valence-electron chi connectivity index (χ0n) is 12.6. The number of anilines is 1. The number of aliphatic carboxylic acids is 1. The van der Waals surface area contributed by atoms with Gasteiger partial charge in [0.25, 0.3) is 0 Å². The van der Waals surface area contributed by atoms with Gasteiger partial charge in [-0.05, 0) is 37.1 Å². The molecule has 0 saturated carbocycles. The van der Waals surface area contributed by atoms with Crippen molar-refractivity contribution < 1.29 is 23.1 Å². The van der Waals surface area contributed by atoms with Crippen LogP contribution in [0, 0.1) is 0 Å². The second-order valence-corrected chi connectivity index (χ2v) is 7.53. The lowest BCUT2D eigenvalue weighted by atomic mass is 10.1. The lowest BCUT2D eigenvalue weighted by molar-refractivity contribution is -0.136. The molecule has 1 atom stereocenters. The fourth-order valence-electron chi connectivity index (χ4n) is 2.69. The molecule has 22 heavy (non-hydrogen) atoms. The zero-order valence-corrected chi connectivity index (χ0v) is 13.4. The summed E-state index contributed by atoms with van der Waals surface area (Å²) in [5.41, 5.74) is 1.56. The summed E-state index contributed by atoms with van der Waals surface area (Å²) in [6.07, 6.45) is 0.572. The Morgan fingerprint density at radius 1 is 1.36 bits per heavy atom. The first-order valence-corrected chi connectivity index (χ1v) is 8.81. The summed E-state index contributed by atoms with van der Waals surface area (Å²) in [6, 6.07) is 4.65. The maximum atomic E-state index is 12.1. The molecule has 1 aromatic rings. The lowest BCUT2D eigenvalue weighted by Crippen LogP contribution is -2.35. The molecule has 1 aromatic carbocycles. The first-order valence-electron chi connectivity index (χ1n) is 7.15. The molecule has 0 aliphatic carbocycles. The van der Waals surface area contributed by atoms with Crippen molar-refractivity contribution in [1.82, 2.24) is 0 Å². The SMILES string of the molecule is CCC(=O)N1c2ccc(S(=O)(=O)CCC(=O)O)cc2CC1C. The van der Waals surface area contributed by atoms with Gasteiger partial charge in [0.05, 0.1) is 17.1 Å². The van der Waals surface area contributed by atoms with Gasteiger partial charge in [0.1, 0.15) is 0 Å². The topological polar surface area (TPSA) is 91.8 Å². The number of carbonyl (C=O) groups is 2. The third-order valence-corrected chi connectivity index (χ3v) is 5.50. The summed E-state index contributed by atoms with van der Waals surface area (Å²) in [4.78, 5) is 24.4. The number of carbonyl (C=O) groups excluding carboxylic acids is 1. The highest BCUT2D eigenvalue weighted by Crippen LogP contribution is 2.34. The predicted molar refractivity (Wildman–Crippen MR) is 81.7 cm³/mol. The van der Waals surface area contributed by atoms with Crippen LogP contribution < -0.4 is 4.90 Å². The molecule has 6 nitrogen and oxygen atoms in total. The fraction of sp³-hybridized carbons (Fsp3) is 0.467. The summed E-state index contributed by atoms with van der Waals surface area (Å²) >= 11 is 0. The zero-order chi connectivity index (χ0) is 16.5. The van der Waals surface area contributed by atoms with Gasteiger partial charge in [-0.25, -0.2) is 8.42 Å². The molecule has 0 bridgehead atoms. The van der Waals surface area contributed by atoms with Crippen molar-refractivity contribution in [3.8, 4) is 0 Å². The molecule has 2 rings (SSSR count). The average molecular weight is 325 g/mol.